The summed E-state index contributed by atoms with van der Waals surface area (Å²) in [7, 11) is 0. The summed E-state index contributed by atoms with van der Waals surface area (Å²) in [6.45, 7) is 2.83. The van der Waals surface area contributed by atoms with Crippen LogP contribution >= 0.6 is 0 Å². The van der Waals surface area contributed by atoms with Crippen molar-refractivity contribution in [3.05, 3.63) is 47.6 Å². The Morgan fingerprint density at radius 1 is 1.35 bits per heavy atom. The smallest absolute Gasteiger partial charge is 0.318 e. The first-order valence-corrected chi connectivity index (χ1v) is 8.10. The second kappa shape index (κ2) is 7.26. The SMILES string of the molecule is Cc1noc(CNC(=O)N2CCCCC2Cc2ccccc2)n1. The standard InChI is InChI=1S/C17H22N4O2/c1-13-19-16(23-20-13)12-18-17(22)21-10-6-5-9-15(21)11-14-7-3-2-4-8-14/h2-4,7-8,15H,5-6,9-12H2,1H3,(H,18,22). The Balaban J connectivity index is 1.59. The number of aromatic nitrogens is 2. The van der Waals surface area contributed by atoms with E-state index in [0.29, 0.717) is 11.7 Å². The van der Waals surface area contributed by atoms with Crippen molar-refractivity contribution in [1.82, 2.24) is 20.4 Å². The molecule has 1 aliphatic heterocycles. The van der Waals surface area contributed by atoms with Gasteiger partial charge in [0.2, 0.25) is 5.89 Å². The van der Waals surface area contributed by atoms with Crippen LogP contribution in [0, 0.1) is 6.92 Å². The third-order valence-electron chi connectivity index (χ3n) is 4.16. The van der Waals surface area contributed by atoms with Crippen LogP contribution in [0.4, 0.5) is 4.79 Å². The lowest BCUT2D eigenvalue weighted by atomic mass is 9.96. The zero-order chi connectivity index (χ0) is 16.1. The molecule has 1 N–H and O–H groups in total. The van der Waals surface area contributed by atoms with Gasteiger partial charge in [-0.3, -0.25) is 0 Å². The number of rotatable bonds is 4. The highest BCUT2D eigenvalue weighted by atomic mass is 16.5. The van der Waals surface area contributed by atoms with Crippen LogP contribution in [0.3, 0.4) is 0 Å². The number of nitrogens with zero attached hydrogens (tertiary/aromatic N) is 3. The van der Waals surface area contributed by atoms with Gasteiger partial charge in [-0.2, -0.15) is 4.98 Å². The summed E-state index contributed by atoms with van der Waals surface area (Å²) in [5.41, 5.74) is 1.27. The first-order chi connectivity index (χ1) is 11.2. The number of aryl methyl sites for hydroxylation is 1. The van der Waals surface area contributed by atoms with E-state index >= 15 is 0 Å². The average molecular weight is 314 g/mol. The molecule has 0 spiro atoms. The van der Waals surface area contributed by atoms with E-state index in [1.807, 2.05) is 23.1 Å². The molecule has 6 nitrogen and oxygen atoms in total. The van der Waals surface area contributed by atoms with Crippen LogP contribution in [0.1, 0.15) is 36.5 Å². The lowest BCUT2D eigenvalue weighted by Crippen LogP contribution is -2.49. The molecule has 2 amide bonds. The quantitative estimate of drug-likeness (QED) is 0.942. The van der Waals surface area contributed by atoms with E-state index in [0.717, 1.165) is 25.8 Å². The number of hydrogen-bond acceptors (Lipinski definition) is 4. The van der Waals surface area contributed by atoms with E-state index < -0.39 is 0 Å². The molecule has 3 rings (SSSR count). The Kier molecular flexibility index (Phi) is 4.90. The van der Waals surface area contributed by atoms with Crippen molar-refractivity contribution in [2.45, 2.75) is 45.2 Å². The summed E-state index contributed by atoms with van der Waals surface area (Å²) < 4.78 is 5.03. The number of benzene rings is 1. The van der Waals surface area contributed by atoms with E-state index in [4.69, 9.17) is 4.52 Å². The molecular formula is C17H22N4O2. The fourth-order valence-electron chi connectivity index (χ4n) is 3.03. The number of nitrogens with one attached hydrogen (secondary N) is 1. The van der Waals surface area contributed by atoms with Gasteiger partial charge < -0.3 is 14.7 Å². The molecule has 1 atom stereocenters. The van der Waals surface area contributed by atoms with Gasteiger partial charge in [0, 0.05) is 12.6 Å². The van der Waals surface area contributed by atoms with Crippen molar-refractivity contribution in [2.75, 3.05) is 6.54 Å². The molecule has 2 heterocycles. The summed E-state index contributed by atoms with van der Waals surface area (Å²) >= 11 is 0. The molecular weight excluding hydrogens is 292 g/mol. The van der Waals surface area contributed by atoms with Crippen molar-refractivity contribution < 1.29 is 9.32 Å². The second-order valence-corrected chi connectivity index (χ2v) is 5.93. The molecule has 1 saturated heterocycles. The highest BCUT2D eigenvalue weighted by Crippen LogP contribution is 2.21. The zero-order valence-electron chi connectivity index (χ0n) is 13.4. The fourth-order valence-corrected chi connectivity index (χ4v) is 3.03. The molecule has 1 aromatic carbocycles. The summed E-state index contributed by atoms with van der Waals surface area (Å²) in [6.07, 6.45) is 4.17. The first kappa shape index (κ1) is 15.5. The monoisotopic (exact) mass is 314 g/mol. The van der Waals surface area contributed by atoms with E-state index in [2.05, 4.69) is 27.6 Å². The number of likely N-dealkylation sites (tertiary alicyclic amines) is 1. The van der Waals surface area contributed by atoms with Crippen molar-refractivity contribution >= 4 is 6.03 Å². The summed E-state index contributed by atoms with van der Waals surface area (Å²) in [4.78, 5) is 18.6. The lowest BCUT2D eigenvalue weighted by Gasteiger charge is -2.35. The van der Waals surface area contributed by atoms with Gasteiger partial charge in [-0.1, -0.05) is 35.5 Å². The van der Waals surface area contributed by atoms with Crippen molar-refractivity contribution in [2.24, 2.45) is 0 Å². The number of amides is 2. The van der Waals surface area contributed by atoms with Crippen LogP contribution in [0.15, 0.2) is 34.9 Å². The Labute approximate surface area is 135 Å². The van der Waals surface area contributed by atoms with Crippen molar-refractivity contribution in [3.8, 4) is 0 Å². The fraction of sp³-hybridized carbons (Fsp3) is 0.471. The van der Waals surface area contributed by atoms with Gasteiger partial charge in [-0.25, -0.2) is 4.79 Å². The minimum atomic E-state index is -0.0542. The van der Waals surface area contributed by atoms with Crippen LogP contribution < -0.4 is 5.32 Å². The Morgan fingerprint density at radius 3 is 2.91 bits per heavy atom. The number of carbonyl (C=O) groups excluding carboxylic acids is 1. The summed E-state index contributed by atoms with van der Waals surface area (Å²) in [5, 5.41) is 6.62. The third-order valence-corrected chi connectivity index (χ3v) is 4.16. The Hall–Kier alpha value is -2.37. The van der Waals surface area contributed by atoms with Gasteiger partial charge in [-0.05, 0) is 38.2 Å². The number of piperidine rings is 1. The highest BCUT2D eigenvalue weighted by molar-refractivity contribution is 5.74. The summed E-state index contributed by atoms with van der Waals surface area (Å²) in [6, 6.07) is 10.5. The van der Waals surface area contributed by atoms with Gasteiger partial charge in [-0.15, -0.1) is 0 Å². The molecule has 122 valence electrons. The maximum atomic E-state index is 12.5. The second-order valence-electron chi connectivity index (χ2n) is 5.93. The van der Waals surface area contributed by atoms with Crippen LogP contribution in [0.5, 0.6) is 0 Å². The third kappa shape index (κ3) is 4.09. The largest absolute Gasteiger partial charge is 0.337 e. The van der Waals surface area contributed by atoms with E-state index in [1.54, 1.807) is 6.92 Å². The molecule has 1 fully saturated rings. The minimum absolute atomic E-state index is 0.0542. The molecule has 6 heteroatoms. The first-order valence-electron chi connectivity index (χ1n) is 8.10. The molecule has 2 aromatic rings. The Bertz CT molecular complexity index is 641. The lowest BCUT2D eigenvalue weighted by molar-refractivity contribution is 0.149. The summed E-state index contributed by atoms with van der Waals surface area (Å²) in [5.74, 6) is 1.02. The molecule has 0 aliphatic carbocycles. The molecule has 1 unspecified atom stereocenters. The van der Waals surface area contributed by atoms with Crippen LogP contribution in [0.2, 0.25) is 0 Å². The molecule has 0 bridgehead atoms. The molecule has 0 radical (unpaired) electrons. The minimum Gasteiger partial charge on any atom is -0.337 e. The van der Waals surface area contributed by atoms with Crippen LogP contribution in [0.25, 0.3) is 0 Å². The molecule has 0 saturated carbocycles. The maximum Gasteiger partial charge on any atom is 0.318 e. The van der Waals surface area contributed by atoms with Gasteiger partial charge in [0.15, 0.2) is 5.82 Å². The molecule has 23 heavy (non-hydrogen) atoms. The van der Waals surface area contributed by atoms with E-state index in [-0.39, 0.29) is 18.6 Å². The zero-order valence-corrected chi connectivity index (χ0v) is 13.4. The topological polar surface area (TPSA) is 71.3 Å². The van der Waals surface area contributed by atoms with Crippen molar-refractivity contribution in [3.63, 3.8) is 0 Å². The van der Waals surface area contributed by atoms with Crippen molar-refractivity contribution in [1.29, 1.82) is 0 Å². The molecule has 1 aliphatic rings. The van der Waals surface area contributed by atoms with Crippen LogP contribution in [-0.4, -0.2) is 33.7 Å². The van der Waals surface area contributed by atoms with E-state index in [9.17, 15) is 4.79 Å². The van der Waals surface area contributed by atoms with Gasteiger partial charge in [0.05, 0.1) is 6.54 Å². The predicted octanol–water partition coefficient (Wildman–Crippen LogP) is 2.68. The van der Waals surface area contributed by atoms with Gasteiger partial charge >= 0.3 is 6.03 Å². The average Bonchev–Trinajstić information content (AvgIpc) is 3.00. The predicted molar refractivity (Wildman–Crippen MR) is 85.8 cm³/mol. The number of urea groups is 1. The number of hydrogen-bond donors (Lipinski definition) is 1. The molecule has 1 aromatic heterocycles. The van der Waals surface area contributed by atoms with Gasteiger partial charge in [0.1, 0.15) is 0 Å². The van der Waals surface area contributed by atoms with Gasteiger partial charge in [0.25, 0.3) is 0 Å². The highest BCUT2D eigenvalue weighted by Gasteiger charge is 2.26. The number of carbonyl (C=O) groups is 1. The Morgan fingerprint density at radius 2 is 2.17 bits per heavy atom. The van der Waals surface area contributed by atoms with Crippen LogP contribution in [-0.2, 0) is 13.0 Å². The van der Waals surface area contributed by atoms with E-state index in [1.165, 1.54) is 12.0 Å². The normalized spacial score (nSPS) is 18.0. The maximum absolute atomic E-state index is 12.5.